The van der Waals surface area contributed by atoms with Gasteiger partial charge in [-0.25, -0.2) is 0 Å². The molecule has 0 N–H and O–H groups in total. The molecule has 1 fully saturated rings. The Labute approximate surface area is 337 Å². The zero-order valence-corrected chi connectivity index (χ0v) is 35.8. The van der Waals surface area contributed by atoms with Crippen molar-refractivity contribution >= 4 is 40.4 Å². The standard InChI is InChI=1S/C52H60BN2O/c1-31(2)36-19-17-20-37(32(3)4)48(36)54-28-27-46(56)55(49-38(33(5)6)21-18-22-39(49)34(7)8)50(54)35-29-42-47-43(30-35)52(11,12)41-24-14-16-26-45(41)53(47)44-25-15-13-23-40(44)51(42,9)10/h13-26,29-34H,27-28H2,1-12H3. The monoisotopic (exact) mass is 739 g/mol. The van der Waals surface area contributed by atoms with Crippen LogP contribution in [0.1, 0.15) is 163 Å². The Bertz CT molecular complexity index is 2210. The molecule has 4 heteroatoms. The molecule has 3 nitrogen and oxygen atoms in total. The van der Waals surface area contributed by atoms with E-state index in [1.165, 1.54) is 66.6 Å². The Morgan fingerprint density at radius 3 is 1.38 bits per heavy atom. The van der Waals surface area contributed by atoms with Gasteiger partial charge in [0, 0.05) is 35.0 Å². The molecule has 0 bridgehead atoms. The van der Waals surface area contributed by atoms with Crippen LogP contribution in [0.5, 0.6) is 0 Å². The van der Waals surface area contributed by atoms with Gasteiger partial charge in [-0.05, 0) is 68.2 Å². The molecule has 3 aliphatic rings. The Morgan fingerprint density at radius 2 is 0.946 bits per heavy atom. The quantitative estimate of drug-likeness (QED) is 0.155. The Kier molecular flexibility index (Phi) is 9.46. The number of carbonyl (C=O) groups is 1. The molecule has 56 heavy (non-hydrogen) atoms. The van der Waals surface area contributed by atoms with Crippen LogP contribution < -0.4 is 26.2 Å². The summed E-state index contributed by atoms with van der Waals surface area (Å²) in [6.45, 7) is 28.7. The highest BCUT2D eigenvalue weighted by Crippen LogP contribution is 2.49. The van der Waals surface area contributed by atoms with E-state index in [9.17, 15) is 0 Å². The average Bonchev–Trinajstić information content (AvgIpc) is 3.16. The van der Waals surface area contributed by atoms with E-state index in [4.69, 9.17) is 0 Å². The van der Waals surface area contributed by atoms with Crippen molar-refractivity contribution < 1.29 is 4.79 Å². The number of para-hydroxylation sites is 2. The minimum Gasteiger partial charge on any atom is -0.340 e. The fourth-order valence-electron chi connectivity index (χ4n) is 10.5. The lowest BCUT2D eigenvalue weighted by Gasteiger charge is -2.50. The summed E-state index contributed by atoms with van der Waals surface area (Å²) in [6, 6.07) is 36.8. The summed E-state index contributed by atoms with van der Waals surface area (Å²) in [6.07, 6.45) is 1.43. The molecule has 1 radical (unpaired) electrons. The molecule has 0 unspecified atom stereocenters. The summed E-state index contributed by atoms with van der Waals surface area (Å²) >= 11 is 0. The molecule has 1 saturated heterocycles. The van der Waals surface area contributed by atoms with Crippen molar-refractivity contribution in [1.29, 1.82) is 0 Å². The van der Waals surface area contributed by atoms with Gasteiger partial charge in [-0.3, -0.25) is 9.69 Å². The van der Waals surface area contributed by atoms with Gasteiger partial charge in [0.2, 0.25) is 12.6 Å². The number of carbonyl (C=O) groups excluding carboxylic acids is 1. The smallest absolute Gasteiger partial charge is 0.242 e. The Balaban J connectivity index is 1.51. The second kappa shape index (κ2) is 13.8. The molecule has 0 spiro atoms. The van der Waals surface area contributed by atoms with Gasteiger partial charge in [-0.2, -0.15) is 0 Å². The van der Waals surface area contributed by atoms with Crippen molar-refractivity contribution in [3.63, 3.8) is 0 Å². The molecule has 0 atom stereocenters. The minimum absolute atomic E-state index is 0.149. The third kappa shape index (κ3) is 5.72. The van der Waals surface area contributed by atoms with Crippen molar-refractivity contribution in [3.8, 4) is 0 Å². The van der Waals surface area contributed by atoms with Crippen LogP contribution in [0.25, 0.3) is 0 Å². The van der Waals surface area contributed by atoms with Crippen molar-refractivity contribution in [3.05, 3.63) is 153 Å². The minimum atomic E-state index is -0.262. The molecular formula is C52H60BN2O. The Morgan fingerprint density at radius 1 is 0.536 bits per heavy atom. The first-order valence-electron chi connectivity index (χ1n) is 21.2. The molecule has 5 aromatic rings. The van der Waals surface area contributed by atoms with Crippen LogP contribution in [0.3, 0.4) is 0 Å². The molecule has 3 heterocycles. The summed E-state index contributed by atoms with van der Waals surface area (Å²) in [4.78, 5) is 19.8. The number of rotatable bonds is 7. The van der Waals surface area contributed by atoms with E-state index < -0.39 is 0 Å². The maximum absolute atomic E-state index is 15.1. The third-order valence-corrected chi connectivity index (χ3v) is 13.4. The summed E-state index contributed by atoms with van der Waals surface area (Å²) in [5.74, 6) is 1.25. The summed E-state index contributed by atoms with van der Waals surface area (Å²) < 4.78 is 0. The van der Waals surface area contributed by atoms with Crippen LogP contribution in [0.2, 0.25) is 0 Å². The first-order chi connectivity index (χ1) is 26.6. The van der Waals surface area contributed by atoms with Crippen LogP contribution in [0.15, 0.2) is 97.1 Å². The maximum Gasteiger partial charge on any atom is 0.242 e. The maximum atomic E-state index is 15.1. The number of hydrogen-bond acceptors (Lipinski definition) is 2. The lowest BCUT2D eigenvalue weighted by molar-refractivity contribution is -0.118. The number of fused-ring (bicyclic) bond motifs is 4. The van der Waals surface area contributed by atoms with E-state index >= 15 is 4.79 Å². The molecule has 5 aromatic carbocycles. The molecule has 1 amide bonds. The van der Waals surface area contributed by atoms with E-state index in [2.05, 4.69) is 190 Å². The molecule has 3 aliphatic heterocycles. The molecule has 8 rings (SSSR count). The van der Waals surface area contributed by atoms with Crippen LogP contribution in [-0.4, -0.2) is 19.2 Å². The van der Waals surface area contributed by atoms with Crippen LogP contribution in [0.4, 0.5) is 11.4 Å². The first-order valence-corrected chi connectivity index (χ1v) is 21.2. The van der Waals surface area contributed by atoms with Crippen molar-refractivity contribution in [2.24, 2.45) is 0 Å². The van der Waals surface area contributed by atoms with E-state index in [1.54, 1.807) is 0 Å². The van der Waals surface area contributed by atoms with Gasteiger partial charge in [0.25, 0.3) is 0 Å². The lowest BCUT2D eigenvalue weighted by Crippen LogP contribution is -2.66. The summed E-state index contributed by atoms with van der Waals surface area (Å²) in [7, 11) is 0. The van der Waals surface area contributed by atoms with Gasteiger partial charge in [-0.15, -0.1) is 0 Å². The molecule has 0 aromatic heterocycles. The zero-order chi connectivity index (χ0) is 40.0. The number of anilines is 2. The second-order valence-corrected chi connectivity index (χ2v) is 19.0. The lowest BCUT2D eigenvalue weighted by atomic mass is 9.27. The molecule has 0 aliphatic carbocycles. The van der Waals surface area contributed by atoms with E-state index in [-0.39, 0.29) is 35.3 Å². The zero-order valence-electron chi connectivity index (χ0n) is 35.8. The second-order valence-electron chi connectivity index (χ2n) is 19.0. The number of nitrogens with zero attached hydrogens (tertiary/aromatic N) is 2. The van der Waals surface area contributed by atoms with Crippen molar-refractivity contribution in [2.45, 2.75) is 124 Å². The van der Waals surface area contributed by atoms with Crippen molar-refractivity contribution in [2.75, 3.05) is 16.3 Å². The number of benzene rings is 5. The van der Waals surface area contributed by atoms with Crippen LogP contribution >= 0.6 is 0 Å². The van der Waals surface area contributed by atoms with Gasteiger partial charge in [0.05, 0.1) is 5.69 Å². The van der Waals surface area contributed by atoms with E-state index in [0.29, 0.717) is 24.8 Å². The first kappa shape index (κ1) is 38.3. The summed E-state index contributed by atoms with van der Waals surface area (Å²) in [5, 5.41) is 0. The van der Waals surface area contributed by atoms with Gasteiger partial charge < -0.3 is 4.90 Å². The van der Waals surface area contributed by atoms with E-state index in [0.717, 1.165) is 17.4 Å². The van der Waals surface area contributed by atoms with E-state index in [1.807, 2.05) is 0 Å². The fourth-order valence-corrected chi connectivity index (χ4v) is 10.5. The normalized spacial score (nSPS) is 17.2. The number of amides is 1. The molecule has 0 saturated carbocycles. The number of hydrogen-bond donors (Lipinski definition) is 0. The van der Waals surface area contributed by atoms with Crippen LogP contribution in [0, 0.1) is 6.17 Å². The van der Waals surface area contributed by atoms with Gasteiger partial charge in [0.1, 0.15) is 0 Å². The van der Waals surface area contributed by atoms with Crippen LogP contribution in [-0.2, 0) is 15.6 Å². The Hall–Kier alpha value is -4.57. The predicted molar refractivity (Wildman–Crippen MR) is 239 cm³/mol. The highest BCUT2D eigenvalue weighted by atomic mass is 16.2. The predicted octanol–water partition coefficient (Wildman–Crippen LogP) is 10.8. The highest BCUT2D eigenvalue weighted by Gasteiger charge is 2.50. The van der Waals surface area contributed by atoms with Gasteiger partial charge in [0.15, 0.2) is 6.17 Å². The third-order valence-electron chi connectivity index (χ3n) is 13.4. The highest BCUT2D eigenvalue weighted by molar-refractivity contribution is 6.97. The summed E-state index contributed by atoms with van der Waals surface area (Å²) in [5.41, 5.74) is 17.8. The largest absolute Gasteiger partial charge is 0.340 e. The van der Waals surface area contributed by atoms with Gasteiger partial charge >= 0.3 is 0 Å². The molecular weight excluding hydrogens is 679 g/mol. The van der Waals surface area contributed by atoms with Gasteiger partial charge in [-0.1, -0.05) is 197 Å². The topological polar surface area (TPSA) is 23.6 Å². The fraction of sp³-hybridized carbons (Fsp3) is 0.385. The SMILES string of the molecule is CC(C)c1cccc(C(C)C)c1N1CCC(=O)N(c2c(C(C)C)cccc2C(C)C)[C]1c1cc2c3c(c1)C(C)(C)c1ccccc1B3c1ccccc1C2(C)C. The average molecular weight is 740 g/mol. The van der Waals surface area contributed by atoms with Crippen molar-refractivity contribution in [1.82, 2.24) is 0 Å². The molecule has 287 valence electrons.